The van der Waals surface area contributed by atoms with Gasteiger partial charge in [-0.25, -0.2) is 0 Å². The number of anilines is 2. The fraction of sp³-hybridized carbons (Fsp3) is 0.421. The van der Waals surface area contributed by atoms with Crippen LogP contribution in [0.5, 0.6) is 5.75 Å². The molecule has 4 rings (SSSR count). The van der Waals surface area contributed by atoms with E-state index in [-0.39, 0.29) is 11.8 Å². The van der Waals surface area contributed by atoms with Crippen LogP contribution in [0.25, 0.3) is 0 Å². The number of carbonyl (C=O) groups is 2. The number of carbonyl (C=O) groups excluding carboxylic acids is 2. The monoisotopic (exact) mass is 354 g/mol. The molecule has 1 atom stereocenters. The number of hydrogen-bond acceptors (Lipinski definition) is 4. The summed E-state index contributed by atoms with van der Waals surface area (Å²) in [5.41, 5.74) is 3.73. The van der Waals surface area contributed by atoms with Crippen molar-refractivity contribution in [2.24, 2.45) is 0 Å². The summed E-state index contributed by atoms with van der Waals surface area (Å²) < 4.78 is 5.53. The third kappa shape index (κ3) is 3.16. The van der Waals surface area contributed by atoms with Gasteiger partial charge in [0.1, 0.15) is 5.75 Å². The van der Waals surface area contributed by atoms with Crippen LogP contribution in [0.3, 0.4) is 0 Å². The number of aromatic amines is 1. The number of hydrogen-bond donors (Lipinski definition) is 3. The third-order valence-corrected chi connectivity index (χ3v) is 4.94. The van der Waals surface area contributed by atoms with Gasteiger partial charge in [-0.05, 0) is 50.8 Å². The Labute approximate surface area is 151 Å². The second kappa shape index (κ2) is 6.82. The zero-order chi connectivity index (χ0) is 18.1. The van der Waals surface area contributed by atoms with Crippen LogP contribution < -0.4 is 15.4 Å². The molecule has 0 saturated heterocycles. The first-order valence-electron chi connectivity index (χ1n) is 9.11. The standard InChI is InChI=1S/C19H22N4O3/c1-11-18(24)21-15-10-12(8-9-16(15)26-11)20-19(25)17-13-6-4-2-3-5-7-14(13)22-23-17/h8-11H,2-7H2,1H3,(H,20,25)(H,21,24)(H,22,23). The molecule has 2 heterocycles. The number of nitrogens with zero attached hydrogens (tertiary/aromatic N) is 1. The molecule has 1 aromatic heterocycles. The molecule has 7 nitrogen and oxygen atoms in total. The zero-order valence-electron chi connectivity index (χ0n) is 14.7. The van der Waals surface area contributed by atoms with Crippen LogP contribution in [-0.2, 0) is 17.6 Å². The first kappa shape index (κ1) is 16.6. The smallest absolute Gasteiger partial charge is 0.276 e. The highest BCUT2D eigenvalue weighted by Crippen LogP contribution is 2.32. The Morgan fingerprint density at radius 1 is 1.23 bits per heavy atom. The van der Waals surface area contributed by atoms with Gasteiger partial charge < -0.3 is 15.4 Å². The van der Waals surface area contributed by atoms with Gasteiger partial charge in [0, 0.05) is 16.9 Å². The summed E-state index contributed by atoms with van der Waals surface area (Å²) in [4.78, 5) is 24.5. The highest BCUT2D eigenvalue weighted by molar-refractivity contribution is 6.05. The summed E-state index contributed by atoms with van der Waals surface area (Å²) in [6.07, 6.45) is 5.91. The van der Waals surface area contributed by atoms with Crippen molar-refractivity contribution in [1.29, 1.82) is 0 Å². The molecule has 136 valence electrons. The highest BCUT2D eigenvalue weighted by atomic mass is 16.5. The van der Waals surface area contributed by atoms with Crippen LogP contribution in [-0.4, -0.2) is 28.1 Å². The van der Waals surface area contributed by atoms with Gasteiger partial charge in [0.05, 0.1) is 5.69 Å². The Morgan fingerprint density at radius 3 is 2.88 bits per heavy atom. The molecule has 7 heteroatoms. The van der Waals surface area contributed by atoms with Crippen molar-refractivity contribution in [3.63, 3.8) is 0 Å². The van der Waals surface area contributed by atoms with E-state index in [1.54, 1.807) is 25.1 Å². The number of aryl methyl sites for hydroxylation is 1. The molecule has 1 aliphatic heterocycles. The third-order valence-electron chi connectivity index (χ3n) is 4.94. The van der Waals surface area contributed by atoms with E-state index in [1.165, 1.54) is 12.8 Å². The summed E-state index contributed by atoms with van der Waals surface area (Å²) in [7, 11) is 0. The van der Waals surface area contributed by atoms with Crippen molar-refractivity contribution < 1.29 is 14.3 Å². The molecule has 26 heavy (non-hydrogen) atoms. The van der Waals surface area contributed by atoms with E-state index in [4.69, 9.17) is 4.74 Å². The van der Waals surface area contributed by atoms with Crippen LogP contribution in [0.1, 0.15) is 54.4 Å². The van der Waals surface area contributed by atoms with Gasteiger partial charge in [-0.15, -0.1) is 0 Å². The zero-order valence-corrected chi connectivity index (χ0v) is 14.7. The summed E-state index contributed by atoms with van der Waals surface area (Å²) in [6, 6.07) is 5.21. The number of benzene rings is 1. The molecule has 1 unspecified atom stereocenters. The maximum absolute atomic E-state index is 12.7. The van der Waals surface area contributed by atoms with Crippen LogP contribution in [0.4, 0.5) is 11.4 Å². The molecular formula is C19H22N4O3. The minimum absolute atomic E-state index is 0.199. The first-order chi connectivity index (χ1) is 12.6. The minimum Gasteiger partial charge on any atom is -0.479 e. The van der Waals surface area contributed by atoms with Crippen molar-refractivity contribution in [3.8, 4) is 5.75 Å². The van der Waals surface area contributed by atoms with E-state index in [0.29, 0.717) is 22.8 Å². The van der Waals surface area contributed by atoms with Gasteiger partial charge >= 0.3 is 0 Å². The number of H-pyrrole nitrogens is 1. The molecule has 1 aromatic carbocycles. The Balaban J connectivity index is 1.54. The lowest BCUT2D eigenvalue weighted by atomic mass is 9.97. The molecule has 0 radical (unpaired) electrons. The maximum atomic E-state index is 12.7. The van der Waals surface area contributed by atoms with E-state index in [0.717, 1.165) is 36.9 Å². The number of aromatic nitrogens is 2. The predicted octanol–water partition coefficient (Wildman–Crippen LogP) is 3.04. The van der Waals surface area contributed by atoms with Gasteiger partial charge in [0.25, 0.3) is 11.8 Å². The topological polar surface area (TPSA) is 96.1 Å². The van der Waals surface area contributed by atoms with Gasteiger partial charge in [-0.2, -0.15) is 5.10 Å². The second-order valence-electron chi connectivity index (χ2n) is 6.86. The van der Waals surface area contributed by atoms with Crippen molar-refractivity contribution >= 4 is 23.2 Å². The largest absolute Gasteiger partial charge is 0.479 e. The normalized spacial score (nSPS) is 19.3. The van der Waals surface area contributed by atoms with Crippen molar-refractivity contribution in [2.45, 2.75) is 51.6 Å². The minimum atomic E-state index is -0.522. The van der Waals surface area contributed by atoms with E-state index in [9.17, 15) is 9.59 Å². The van der Waals surface area contributed by atoms with Crippen LogP contribution in [0, 0.1) is 0 Å². The lowest BCUT2D eigenvalue weighted by molar-refractivity contribution is -0.122. The lowest BCUT2D eigenvalue weighted by Gasteiger charge is -2.23. The maximum Gasteiger partial charge on any atom is 0.276 e. The molecule has 3 N–H and O–H groups in total. The average Bonchev–Trinajstić information content (AvgIpc) is 2.98. The summed E-state index contributed by atoms with van der Waals surface area (Å²) in [6.45, 7) is 1.69. The fourth-order valence-electron chi connectivity index (χ4n) is 3.50. The first-order valence-corrected chi connectivity index (χ1v) is 9.11. The summed E-state index contributed by atoms with van der Waals surface area (Å²) in [5.74, 6) is 0.161. The molecule has 0 saturated carbocycles. The molecule has 0 fully saturated rings. The SMILES string of the molecule is CC1Oc2ccc(NC(=O)c3n[nH]c4c3CCCCCC4)cc2NC1=O. The van der Waals surface area contributed by atoms with E-state index in [1.807, 2.05) is 0 Å². The summed E-state index contributed by atoms with van der Waals surface area (Å²) >= 11 is 0. The van der Waals surface area contributed by atoms with E-state index >= 15 is 0 Å². The molecule has 2 amide bonds. The van der Waals surface area contributed by atoms with Crippen LogP contribution in [0.15, 0.2) is 18.2 Å². The van der Waals surface area contributed by atoms with E-state index in [2.05, 4.69) is 20.8 Å². The molecule has 1 aliphatic carbocycles. The Kier molecular flexibility index (Phi) is 4.36. The average molecular weight is 354 g/mol. The Morgan fingerprint density at radius 2 is 2.04 bits per heavy atom. The Hall–Kier alpha value is -2.83. The number of amides is 2. The second-order valence-corrected chi connectivity index (χ2v) is 6.86. The number of fused-ring (bicyclic) bond motifs is 2. The van der Waals surface area contributed by atoms with Gasteiger partial charge in [-0.1, -0.05) is 12.8 Å². The number of rotatable bonds is 2. The van der Waals surface area contributed by atoms with Crippen molar-refractivity contribution in [2.75, 3.05) is 10.6 Å². The fourth-order valence-corrected chi connectivity index (χ4v) is 3.50. The molecule has 0 spiro atoms. The van der Waals surface area contributed by atoms with Gasteiger partial charge in [0.15, 0.2) is 11.8 Å². The molecule has 2 aliphatic rings. The summed E-state index contributed by atoms with van der Waals surface area (Å²) in [5, 5.41) is 13.0. The van der Waals surface area contributed by atoms with Crippen LogP contribution >= 0.6 is 0 Å². The number of nitrogens with one attached hydrogen (secondary N) is 3. The van der Waals surface area contributed by atoms with E-state index < -0.39 is 6.10 Å². The van der Waals surface area contributed by atoms with Crippen molar-refractivity contribution in [3.05, 3.63) is 35.2 Å². The quantitative estimate of drug-likeness (QED) is 0.772. The molecular weight excluding hydrogens is 332 g/mol. The van der Waals surface area contributed by atoms with Gasteiger partial charge in [-0.3, -0.25) is 14.7 Å². The molecule has 2 aromatic rings. The highest BCUT2D eigenvalue weighted by Gasteiger charge is 2.24. The van der Waals surface area contributed by atoms with Crippen LogP contribution in [0.2, 0.25) is 0 Å². The lowest BCUT2D eigenvalue weighted by Crippen LogP contribution is -2.34. The van der Waals surface area contributed by atoms with Crippen molar-refractivity contribution in [1.82, 2.24) is 10.2 Å². The Bertz CT molecular complexity index is 858. The predicted molar refractivity (Wildman–Crippen MR) is 97.6 cm³/mol. The number of ether oxygens (including phenoxy) is 1. The van der Waals surface area contributed by atoms with Gasteiger partial charge in [0.2, 0.25) is 0 Å². The molecule has 0 bridgehead atoms.